The third kappa shape index (κ3) is 27.5. The highest BCUT2D eigenvalue weighted by molar-refractivity contribution is 5.84. The number of carbonyl (C=O) groups excluding carboxylic acids is 1. The molecule has 0 aliphatic carbocycles. The van der Waals surface area contributed by atoms with E-state index in [1.165, 1.54) is 173 Å². The van der Waals surface area contributed by atoms with Crippen LogP contribution in [0.1, 0.15) is 207 Å². The van der Waals surface area contributed by atoms with Crippen LogP contribution >= 0.6 is 0 Å². The number of nitrogens with one attached hydrogen (secondary N) is 1. The molecule has 0 saturated heterocycles. The Bertz CT molecular complexity index is 758. The SMILES string of the molecule is CCCCCCCC/C=C\CCCCCCCCC1=NCCN1CC(C)NC(=O)CCCCCCC/C=C\CCCCCCCC. The van der Waals surface area contributed by atoms with Gasteiger partial charge in [0.25, 0.3) is 0 Å². The number of amides is 1. The molecule has 0 bridgehead atoms. The zero-order valence-electron chi connectivity index (χ0n) is 31.3. The van der Waals surface area contributed by atoms with Crippen LogP contribution in [0.3, 0.4) is 0 Å². The van der Waals surface area contributed by atoms with Gasteiger partial charge < -0.3 is 10.2 Å². The van der Waals surface area contributed by atoms with E-state index in [-0.39, 0.29) is 11.9 Å². The van der Waals surface area contributed by atoms with Gasteiger partial charge in [-0.15, -0.1) is 0 Å². The first-order chi connectivity index (χ1) is 22.7. The minimum absolute atomic E-state index is 0.179. The minimum Gasteiger partial charge on any atom is -0.356 e. The summed E-state index contributed by atoms with van der Waals surface area (Å²) in [6.07, 6.45) is 47.0. The summed E-state index contributed by atoms with van der Waals surface area (Å²) in [4.78, 5) is 19.7. The summed E-state index contributed by atoms with van der Waals surface area (Å²) < 4.78 is 0. The topological polar surface area (TPSA) is 44.7 Å². The molecule has 0 aromatic carbocycles. The third-order valence-corrected chi connectivity index (χ3v) is 9.51. The molecule has 1 N–H and O–H groups in total. The monoisotopic (exact) mass is 642 g/mol. The average Bonchev–Trinajstić information content (AvgIpc) is 3.48. The summed E-state index contributed by atoms with van der Waals surface area (Å²) in [5.74, 6) is 1.49. The zero-order chi connectivity index (χ0) is 33.2. The Morgan fingerprint density at radius 1 is 0.630 bits per heavy atom. The van der Waals surface area contributed by atoms with Gasteiger partial charge >= 0.3 is 0 Å². The van der Waals surface area contributed by atoms with E-state index in [1.54, 1.807) is 0 Å². The number of amidine groups is 1. The van der Waals surface area contributed by atoms with E-state index in [2.05, 4.69) is 55.3 Å². The van der Waals surface area contributed by atoms with Crippen molar-refractivity contribution < 1.29 is 4.79 Å². The lowest BCUT2D eigenvalue weighted by atomic mass is 10.1. The van der Waals surface area contributed by atoms with E-state index in [4.69, 9.17) is 4.99 Å². The first-order valence-electron chi connectivity index (χ1n) is 20.5. The first kappa shape index (κ1) is 42.4. The van der Waals surface area contributed by atoms with E-state index in [1.807, 2.05) is 0 Å². The van der Waals surface area contributed by atoms with E-state index in [9.17, 15) is 4.79 Å². The summed E-state index contributed by atoms with van der Waals surface area (Å²) in [5.41, 5.74) is 0. The molecule has 1 aliphatic rings. The van der Waals surface area contributed by atoms with E-state index < -0.39 is 0 Å². The quantitative estimate of drug-likeness (QED) is 0.0561. The minimum atomic E-state index is 0.179. The molecule has 46 heavy (non-hydrogen) atoms. The number of carbonyl (C=O) groups is 1. The third-order valence-electron chi connectivity index (χ3n) is 9.51. The molecular weight excluding hydrogens is 562 g/mol. The molecule has 0 fully saturated rings. The number of nitrogens with zero attached hydrogens (tertiary/aromatic N) is 2. The standard InChI is InChI=1S/C42H79N3O/c1-4-6-8-10-12-14-16-18-20-22-23-25-27-29-31-33-35-41-43-37-38-45(41)39-40(3)44-42(46)36-34-32-30-28-26-24-21-19-17-15-13-11-9-7-5-2/h18-21,40H,4-17,22-39H2,1-3H3,(H,44,46)/b20-18-,21-19-. The summed E-state index contributed by atoms with van der Waals surface area (Å²) in [7, 11) is 0. The maximum absolute atomic E-state index is 12.5. The number of allylic oxidation sites excluding steroid dienone is 4. The zero-order valence-corrected chi connectivity index (χ0v) is 31.3. The van der Waals surface area contributed by atoms with E-state index in [0.29, 0.717) is 6.42 Å². The van der Waals surface area contributed by atoms with E-state index in [0.717, 1.165) is 32.5 Å². The highest BCUT2D eigenvalue weighted by Crippen LogP contribution is 2.15. The molecule has 1 heterocycles. The Morgan fingerprint density at radius 3 is 1.52 bits per heavy atom. The van der Waals surface area contributed by atoms with Gasteiger partial charge in [0.2, 0.25) is 5.91 Å². The van der Waals surface area contributed by atoms with Crippen LogP contribution in [0.4, 0.5) is 0 Å². The summed E-state index contributed by atoms with van der Waals surface area (Å²) in [5, 5.41) is 3.25. The Hall–Kier alpha value is -1.58. The summed E-state index contributed by atoms with van der Waals surface area (Å²) in [6, 6.07) is 0.179. The Morgan fingerprint density at radius 2 is 1.04 bits per heavy atom. The Balaban J connectivity index is 1.94. The fourth-order valence-corrected chi connectivity index (χ4v) is 6.57. The van der Waals surface area contributed by atoms with Crippen LogP contribution in [0.15, 0.2) is 29.3 Å². The number of aliphatic imine (C=N–C) groups is 1. The molecule has 0 saturated carbocycles. The molecule has 0 aromatic rings. The van der Waals surface area contributed by atoms with E-state index >= 15 is 0 Å². The second-order valence-corrected chi connectivity index (χ2v) is 14.2. The molecule has 1 amide bonds. The normalized spacial score (nSPS) is 14.2. The van der Waals surface area contributed by atoms with Gasteiger partial charge in [-0.25, -0.2) is 0 Å². The predicted octanol–water partition coefficient (Wildman–Crippen LogP) is 12.7. The highest BCUT2D eigenvalue weighted by atomic mass is 16.1. The lowest BCUT2D eigenvalue weighted by Gasteiger charge is -2.25. The average molecular weight is 642 g/mol. The van der Waals surface area contributed by atoms with Crippen molar-refractivity contribution in [2.75, 3.05) is 19.6 Å². The van der Waals surface area contributed by atoms with Crippen molar-refractivity contribution in [3.63, 3.8) is 0 Å². The van der Waals surface area contributed by atoms with Crippen molar-refractivity contribution in [1.29, 1.82) is 0 Å². The predicted molar refractivity (Wildman–Crippen MR) is 205 cm³/mol. The number of rotatable bonds is 34. The van der Waals surface area contributed by atoms with Crippen molar-refractivity contribution in [3.05, 3.63) is 24.3 Å². The maximum atomic E-state index is 12.5. The van der Waals surface area contributed by atoms with Gasteiger partial charge in [0.1, 0.15) is 0 Å². The van der Waals surface area contributed by atoms with Gasteiger partial charge in [0, 0.05) is 32.0 Å². The van der Waals surface area contributed by atoms with Crippen LogP contribution in [0.25, 0.3) is 0 Å². The largest absolute Gasteiger partial charge is 0.356 e. The molecule has 268 valence electrons. The molecule has 1 rings (SSSR count). The second kappa shape index (κ2) is 33.3. The maximum Gasteiger partial charge on any atom is 0.220 e. The molecule has 1 atom stereocenters. The Kier molecular flexibility index (Phi) is 30.7. The second-order valence-electron chi connectivity index (χ2n) is 14.2. The molecule has 0 radical (unpaired) electrons. The smallest absolute Gasteiger partial charge is 0.220 e. The highest BCUT2D eigenvalue weighted by Gasteiger charge is 2.19. The van der Waals surface area contributed by atoms with Crippen molar-refractivity contribution in [1.82, 2.24) is 10.2 Å². The summed E-state index contributed by atoms with van der Waals surface area (Å²) in [6.45, 7) is 9.53. The molecule has 4 nitrogen and oxygen atoms in total. The van der Waals surface area contributed by atoms with Crippen molar-refractivity contribution in [2.24, 2.45) is 4.99 Å². The molecule has 1 unspecified atom stereocenters. The number of hydrogen-bond acceptors (Lipinski definition) is 3. The molecule has 4 heteroatoms. The van der Waals surface area contributed by atoms with Gasteiger partial charge in [-0.05, 0) is 71.1 Å². The van der Waals surface area contributed by atoms with Crippen LogP contribution < -0.4 is 5.32 Å². The van der Waals surface area contributed by atoms with Gasteiger partial charge in [-0.3, -0.25) is 9.79 Å². The fraction of sp³-hybridized carbons (Fsp3) is 0.857. The van der Waals surface area contributed by atoms with Gasteiger partial charge in [-0.1, -0.05) is 147 Å². The molecule has 1 aliphatic heterocycles. The van der Waals surface area contributed by atoms with Crippen LogP contribution in [0.2, 0.25) is 0 Å². The van der Waals surface area contributed by atoms with Crippen molar-refractivity contribution in [3.8, 4) is 0 Å². The van der Waals surface area contributed by atoms with Crippen molar-refractivity contribution >= 4 is 11.7 Å². The van der Waals surface area contributed by atoms with Crippen molar-refractivity contribution in [2.45, 2.75) is 213 Å². The van der Waals surface area contributed by atoms with Crippen LogP contribution in [0.5, 0.6) is 0 Å². The summed E-state index contributed by atoms with van der Waals surface area (Å²) >= 11 is 0. The molecular formula is C42H79N3O. The van der Waals surface area contributed by atoms with Crippen LogP contribution in [0, 0.1) is 0 Å². The van der Waals surface area contributed by atoms with Crippen LogP contribution in [-0.4, -0.2) is 42.3 Å². The fourth-order valence-electron chi connectivity index (χ4n) is 6.57. The first-order valence-corrected chi connectivity index (χ1v) is 20.5. The Labute approximate surface area is 288 Å². The lowest BCUT2D eigenvalue weighted by molar-refractivity contribution is -0.121. The number of hydrogen-bond donors (Lipinski definition) is 1. The van der Waals surface area contributed by atoms with Gasteiger partial charge in [0.15, 0.2) is 0 Å². The van der Waals surface area contributed by atoms with Crippen LogP contribution in [-0.2, 0) is 4.79 Å². The number of unbranched alkanes of at least 4 members (excludes halogenated alkanes) is 23. The van der Waals surface area contributed by atoms with Gasteiger partial charge in [0.05, 0.1) is 12.4 Å². The lowest BCUT2D eigenvalue weighted by Crippen LogP contribution is -2.43. The van der Waals surface area contributed by atoms with Gasteiger partial charge in [-0.2, -0.15) is 0 Å². The molecule has 0 spiro atoms. The molecule has 0 aromatic heterocycles.